The summed E-state index contributed by atoms with van der Waals surface area (Å²) in [4.78, 5) is 0. The molecule has 0 N–H and O–H groups in total. The average molecular weight is 753 g/mol. The topological polar surface area (TPSA) is 0 Å². The van der Waals surface area contributed by atoms with Gasteiger partial charge in [0.2, 0.25) is 0 Å². The van der Waals surface area contributed by atoms with Crippen LogP contribution in [0, 0.1) is 47.3 Å². The zero-order valence-electron chi connectivity index (χ0n) is 36.3. The molecule has 0 spiro atoms. The summed E-state index contributed by atoms with van der Waals surface area (Å²) in [5, 5.41) is 0. The predicted molar refractivity (Wildman–Crippen MR) is 242 cm³/mol. The molecule has 4 fully saturated rings. The molecule has 0 nitrogen and oxygen atoms in total. The maximum Gasteiger partial charge on any atom is 0.0553 e. The molecule has 0 amide bonds. The van der Waals surface area contributed by atoms with E-state index in [9.17, 15) is 0 Å². The Bertz CT molecular complexity index is 1610. The summed E-state index contributed by atoms with van der Waals surface area (Å²) in [5.74, 6) is 6.35. The first-order chi connectivity index (χ1) is 26.3. The molecular weight excluding hydrogens is 677 g/mol. The summed E-state index contributed by atoms with van der Waals surface area (Å²) in [6, 6.07) is 19.6. The molecule has 6 aliphatic rings. The van der Waals surface area contributed by atoms with Crippen molar-refractivity contribution in [1.29, 1.82) is 0 Å². The lowest BCUT2D eigenvalue weighted by Gasteiger charge is -2.48. The van der Waals surface area contributed by atoms with Crippen LogP contribution in [0.2, 0.25) is 24.2 Å². The van der Waals surface area contributed by atoms with Crippen LogP contribution in [0.3, 0.4) is 0 Å². The van der Waals surface area contributed by atoms with Gasteiger partial charge in [-0.25, -0.2) is 0 Å². The molecule has 55 heavy (non-hydrogen) atoms. The minimum Gasteiger partial charge on any atom is -0.0808 e. The number of benzene rings is 2. The molecule has 2 aromatic rings. The Hall–Kier alpha value is -2.38. The summed E-state index contributed by atoms with van der Waals surface area (Å²) in [7, 11) is -1.83. The van der Waals surface area contributed by atoms with E-state index >= 15 is 0 Å². The van der Waals surface area contributed by atoms with Gasteiger partial charge in [0.15, 0.2) is 0 Å². The summed E-state index contributed by atoms with van der Waals surface area (Å²) < 4.78 is 0. The molecule has 8 atom stereocenters. The van der Waals surface area contributed by atoms with E-state index in [1.807, 2.05) is 0 Å². The molecule has 0 saturated heterocycles. The van der Waals surface area contributed by atoms with Gasteiger partial charge in [-0.2, -0.15) is 0 Å². The summed E-state index contributed by atoms with van der Waals surface area (Å²) in [5.41, 5.74) is 11.3. The van der Waals surface area contributed by atoms with Crippen molar-refractivity contribution >= 4 is 19.2 Å². The second kappa shape index (κ2) is 15.8. The fourth-order valence-corrected chi connectivity index (χ4v) is 20.0. The molecule has 6 aliphatic carbocycles. The molecule has 296 valence electrons. The molecule has 2 aromatic carbocycles. The van der Waals surface area contributed by atoms with Gasteiger partial charge in [-0.3, -0.25) is 0 Å². The van der Waals surface area contributed by atoms with Crippen LogP contribution in [0.1, 0.15) is 154 Å². The summed E-state index contributed by atoms with van der Waals surface area (Å²) >= 11 is 0. The molecule has 4 saturated carbocycles. The molecule has 8 rings (SSSR count). The quantitative estimate of drug-likeness (QED) is 0.236. The van der Waals surface area contributed by atoms with E-state index in [0.717, 1.165) is 34.8 Å². The zero-order valence-corrected chi connectivity index (χ0v) is 37.3. The highest BCUT2D eigenvalue weighted by Gasteiger charge is 2.59. The summed E-state index contributed by atoms with van der Waals surface area (Å²) in [6.45, 7) is 20.0. The third kappa shape index (κ3) is 8.05. The minimum absolute atomic E-state index is 0.187. The number of rotatable bonds is 8. The Morgan fingerprint density at radius 1 is 0.509 bits per heavy atom. The van der Waals surface area contributed by atoms with E-state index in [1.165, 1.54) is 112 Å². The molecule has 0 bridgehead atoms. The third-order valence-corrected chi connectivity index (χ3v) is 21.7. The van der Waals surface area contributed by atoms with Crippen molar-refractivity contribution in [3.05, 3.63) is 107 Å². The van der Waals surface area contributed by atoms with Crippen LogP contribution in [0.15, 0.2) is 85.0 Å². The number of fused-ring (bicyclic) bond motifs is 2. The smallest absolute Gasteiger partial charge is 0.0553 e. The Labute approximate surface area is 338 Å². The van der Waals surface area contributed by atoms with Crippen LogP contribution in [0.4, 0.5) is 0 Å². The van der Waals surface area contributed by atoms with Crippen LogP contribution in [0.5, 0.6) is 0 Å². The second-order valence-corrected chi connectivity index (χ2v) is 27.4. The van der Waals surface area contributed by atoms with Crippen molar-refractivity contribution < 1.29 is 0 Å². The van der Waals surface area contributed by atoms with E-state index < -0.39 is 8.07 Å². The normalized spacial score (nSPS) is 31.9. The van der Waals surface area contributed by atoms with Gasteiger partial charge in [-0.05, 0) is 128 Å². The standard InChI is InChI=1S/C54H76Si/c1-53(2,3)43-29-25-39(26-30-43)45-21-15-23-47-49(45)35-41(33-37-17-11-9-12-18-37)51(47)55(7,8)52-42(34-38-19-13-10-14-20-38)36-50-46(22-16-24-48(50)52)40-27-31-44(32-28-40)54(4,5)6/h15-16,21-32,37-38,41-42,47-52H,9-14,17-20,33-36H2,1-8H3/t41?,42?,47?,48?,49-,50?,51?,52?/m0/s1. The van der Waals surface area contributed by atoms with Crippen molar-refractivity contribution in [3.8, 4) is 0 Å². The van der Waals surface area contributed by atoms with Gasteiger partial charge in [0.05, 0.1) is 8.07 Å². The lowest BCUT2D eigenvalue weighted by molar-refractivity contribution is 0.275. The van der Waals surface area contributed by atoms with E-state index in [1.54, 1.807) is 11.1 Å². The van der Waals surface area contributed by atoms with Gasteiger partial charge in [-0.15, -0.1) is 0 Å². The first-order valence-electron chi connectivity index (χ1n) is 23.3. The molecule has 0 aliphatic heterocycles. The van der Waals surface area contributed by atoms with Crippen LogP contribution in [-0.4, -0.2) is 8.07 Å². The van der Waals surface area contributed by atoms with Gasteiger partial charge in [-0.1, -0.05) is 204 Å². The zero-order chi connectivity index (χ0) is 38.5. The lowest BCUT2D eigenvalue weighted by atomic mass is 9.79. The highest BCUT2D eigenvalue weighted by atomic mass is 28.3. The maximum absolute atomic E-state index is 2.95. The van der Waals surface area contributed by atoms with E-state index in [-0.39, 0.29) is 10.8 Å². The van der Waals surface area contributed by atoms with Crippen molar-refractivity contribution in [2.75, 3.05) is 0 Å². The third-order valence-electron chi connectivity index (χ3n) is 16.5. The van der Waals surface area contributed by atoms with E-state index in [4.69, 9.17) is 0 Å². The average Bonchev–Trinajstić information content (AvgIpc) is 3.74. The minimum atomic E-state index is -1.83. The molecular formula is C54H76Si. The molecule has 0 radical (unpaired) electrons. The molecule has 7 unspecified atom stereocenters. The SMILES string of the molecule is CC(C)(C)c1ccc(C2=CC=CC3C2CC(CC2CCCCC2)C3[Si](C)(C)C2C(CC3CCCCC3)C[C@H]3C(c4ccc(C(C)(C)C)cc4)=CC=CC23)cc1. The largest absolute Gasteiger partial charge is 0.0808 e. The predicted octanol–water partition coefficient (Wildman–Crippen LogP) is 15.8. The van der Waals surface area contributed by atoms with Crippen LogP contribution < -0.4 is 0 Å². The highest BCUT2D eigenvalue weighted by molar-refractivity contribution is 6.80. The van der Waals surface area contributed by atoms with Gasteiger partial charge < -0.3 is 0 Å². The summed E-state index contributed by atoms with van der Waals surface area (Å²) in [6.07, 6.45) is 36.1. The van der Waals surface area contributed by atoms with Crippen molar-refractivity contribution in [3.63, 3.8) is 0 Å². The molecule has 0 aromatic heterocycles. The Balaban J connectivity index is 1.15. The number of hydrogen-bond donors (Lipinski definition) is 0. The maximum atomic E-state index is 2.95. The highest BCUT2D eigenvalue weighted by Crippen LogP contribution is 2.67. The van der Waals surface area contributed by atoms with Crippen LogP contribution in [-0.2, 0) is 10.8 Å². The first-order valence-corrected chi connectivity index (χ1v) is 26.4. The fraction of sp³-hybridized carbons (Fsp3) is 0.630. The molecule has 0 heterocycles. The Kier molecular flexibility index (Phi) is 11.3. The van der Waals surface area contributed by atoms with Gasteiger partial charge in [0.1, 0.15) is 0 Å². The fourth-order valence-electron chi connectivity index (χ4n) is 14.0. The van der Waals surface area contributed by atoms with Crippen molar-refractivity contribution in [1.82, 2.24) is 0 Å². The van der Waals surface area contributed by atoms with Gasteiger partial charge in [0.25, 0.3) is 0 Å². The second-order valence-electron chi connectivity index (χ2n) is 22.4. The van der Waals surface area contributed by atoms with Crippen molar-refractivity contribution in [2.24, 2.45) is 47.3 Å². The lowest BCUT2D eigenvalue weighted by Crippen LogP contribution is -2.47. The Morgan fingerprint density at radius 2 is 0.873 bits per heavy atom. The monoisotopic (exact) mass is 753 g/mol. The number of allylic oxidation sites excluding steroid dienone is 8. The van der Waals surface area contributed by atoms with Gasteiger partial charge in [0, 0.05) is 0 Å². The molecule has 1 heteroatoms. The van der Waals surface area contributed by atoms with E-state index in [0.29, 0.717) is 23.7 Å². The van der Waals surface area contributed by atoms with Crippen LogP contribution >= 0.6 is 0 Å². The Morgan fingerprint density at radius 3 is 1.22 bits per heavy atom. The van der Waals surface area contributed by atoms with Crippen molar-refractivity contribution in [2.45, 2.75) is 166 Å². The van der Waals surface area contributed by atoms with Crippen LogP contribution in [0.25, 0.3) is 11.1 Å². The van der Waals surface area contributed by atoms with Gasteiger partial charge >= 0.3 is 0 Å². The van der Waals surface area contributed by atoms with E-state index in [2.05, 4.69) is 140 Å². The number of hydrogen-bond acceptors (Lipinski definition) is 0. The first kappa shape index (κ1) is 39.4.